The number of alkyl halides is 1. The molecule has 0 aliphatic heterocycles. The second-order valence-corrected chi connectivity index (χ2v) is 3.86. The number of hydrogen-bond acceptors (Lipinski definition) is 5. The molecule has 0 saturated heterocycles. The van der Waals surface area contributed by atoms with Crippen LogP contribution in [0.5, 0.6) is 0 Å². The zero-order valence-electron chi connectivity index (χ0n) is 10.6. The van der Waals surface area contributed by atoms with Gasteiger partial charge in [-0.25, -0.2) is 4.39 Å². The lowest BCUT2D eigenvalue weighted by Crippen LogP contribution is -2.58. The van der Waals surface area contributed by atoms with Crippen LogP contribution < -0.4 is 10.6 Å². The Morgan fingerprint density at radius 3 is 2.39 bits per heavy atom. The van der Waals surface area contributed by atoms with E-state index in [-0.39, 0.29) is 0 Å². The first-order valence-corrected chi connectivity index (χ1v) is 5.22. The molecular weight excluding hydrogens is 242 g/mol. The SMILES string of the molecule is [B]C(C)(NC)C(=O)NC(CC(=O)OC)C(=O)CF. The molecule has 0 bridgehead atoms. The summed E-state index contributed by atoms with van der Waals surface area (Å²) < 4.78 is 16.7. The lowest BCUT2D eigenvalue weighted by Gasteiger charge is -2.26. The van der Waals surface area contributed by atoms with Crippen molar-refractivity contribution >= 4 is 25.5 Å². The summed E-state index contributed by atoms with van der Waals surface area (Å²) in [6.45, 7) is 0.0836. The second-order valence-electron chi connectivity index (χ2n) is 3.86. The van der Waals surface area contributed by atoms with Crippen LogP contribution >= 0.6 is 0 Å². The minimum atomic E-state index is -1.43. The Bertz CT molecular complexity index is 336. The lowest BCUT2D eigenvalue weighted by molar-refractivity contribution is -0.143. The maximum absolute atomic E-state index is 12.3. The van der Waals surface area contributed by atoms with Crippen molar-refractivity contribution in [3.05, 3.63) is 0 Å². The minimum Gasteiger partial charge on any atom is -0.469 e. The molecule has 0 aromatic heterocycles. The minimum absolute atomic E-state index is 0.440. The summed E-state index contributed by atoms with van der Waals surface area (Å²) in [4.78, 5) is 34.0. The molecule has 2 N–H and O–H groups in total. The Hall–Kier alpha value is -1.44. The average molecular weight is 258 g/mol. The second kappa shape index (κ2) is 7.10. The maximum Gasteiger partial charge on any atom is 0.308 e. The van der Waals surface area contributed by atoms with E-state index >= 15 is 0 Å². The first-order chi connectivity index (χ1) is 8.28. The number of halogens is 1. The van der Waals surface area contributed by atoms with E-state index in [0.717, 1.165) is 7.11 Å². The number of ketones is 1. The molecule has 0 aliphatic carbocycles. The van der Waals surface area contributed by atoms with Gasteiger partial charge in [-0.1, -0.05) is 0 Å². The zero-order valence-corrected chi connectivity index (χ0v) is 10.6. The van der Waals surface area contributed by atoms with Gasteiger partial charge < -0.3 is 15.4 Å². The van der Waals surface area contributed by atoms with Crippen LogP contribution in [-0.4, -0.2) is 57.8 Å². The standard InChI is InChI=1S/C10H16BFN2O4/c1-10(11,13-2)9(17)14-6(7(15)5-12)4-8(16)18-3/h6,13H,4-5H2,1-3H3,(H,14,17). The molecule has 1 amide bonds. The molecule has 0 spiro atoms. The topological polar surface area (TPSA) is 84.5 Å². The highest BCUT2D eigenvalue weighted by Crippen LogP contribution is 2.02. The van der Waals surface area contributed by atoms with Gasteiger partial charge in [-0.15, -0.1) is 0 Å². The Balaban J connectivity index is 4.75. The van der Waals surface area contributed by atoms with Crippen molar-refractivity contribution in [2.75, 3.05) is 20.8 Å². The summed E-state index contributed by atoms with van der Waals surface area (Å²) >= 11 is 0. The van der Waals surface area contributed by atoms with E-state index in [1.54, 1.807) is 0 Å². The van der Waals surface area contributed by atoms with Crippen LogP contribution in [0.4, 0.5) is 4.39 Å². The van der Waals surface area contributed by atoms with E-state index in [0.29, 0.717) is 0 Å². The van der Waals surface area contributed by atoms with Crippen molar-refractivity contribution < 1.29 is 23.5 Å². The summed E-state index contributed by atoms with van der Waals surface area (Å²) in [7, 11) is 8.15. The van der Waals surface area contributed by atoms with Crippen LogP contribution in [0.1, 0.15) is 13.3 Å². The third-order valence-corrected chi connectivity index (χ3v) is 2.42. The van der Waals surface area contributed by atoms with Crippen LogP contribution in [0.3, 0.4) is 0 Å². The van der Waals surface area contributed by atoms with Gasteiger partial charge in [-0.05, 0) is 14.0 Å². The fraction of sp³-hybridized carbons (Fsp3) is 0.700. The number of methoxy groups -OCH3 is 1. The number of rotatable bonds is 7. The largest absolute Gasteiger partial charge is 0.469 e. The number of amides is 1. The number of likely N-dealkylation sites (N-methyl/N-ethyl adjacent to an activating group) is 1. The molecule has 2 radical (unpaired) electrons. The first-order valence-electron chi connectivity index (χ1n) is 5.22. The van der Waals surface area contributed by atoms with Gasteiger partial charge in [0.25, 0.3) is 0 Å². The van der Waals surface area contributed by atoms with E-state index in [1.165, 1.54) is 14.0 Å². The molecule has 0 heterocycles. The fourth-order valence-electron chi connectivity index (χ4n) is 1.01. The number of hydrogen-bond donors (Lipinski definition) is 2. The Kier molecular flexibility index (Phi) is 6.53. The molecule has 2 unspecified atom stereocenters. The van der Waals surface area contributed by atoms with Crippen molar-refractivity contribution in [1.82, 2.24) is 10.6 Å². The van der Waals surface area contributed by atoms with Crippen LogP contribution in [-0.2, 0) is 19.1 Å². The molecule has 18 heavy (non-hydrogen) atoms. The van der Waals surface area contributed by atoms with E-state index in [9.17, 15) is 18.8 Å². The quantitative estimate of drug-likeness (QED) is 0.437. The van der Waals surface area contributed by atoms with Crippen LogP contribution in [0.2, 0.25) is 0 Å². The Labute approximate surface area is 106 Å². The predicted molar refractivity (Wildman–Crippen MR) is 62.8 cm³/mol. The third kappa shape index (κ3) is 4.83. The van der Waals surface area contributed by atoms with Gasteiger partial charge in [0.15, 0.2) is 5.78 Å². The van der Waals surface area contributed by atoms with Crippen molar-refractivity contribution in [2.45, 2.75) is 24.8 Å². The van der Waals surface area contributed by atoms with E-state index in [1.807, 2.05) is 0 Å². The molecular formula is C10H16BFN2O4. The van der Waals surface area contributed by atoms with E-state index < -0.39 is 42.2 Å². The van der Waals surface area contributed by atoms with E-state index in [2.05, 4.69) is 15.4 Å². The number of carbonyl (C=O) groups excluding carboxylic acids is 3. The van der Waals surface area contributed by atoms with Gasteiger partial charge in [0.05, 0.1) is 19.0 Å². The molecule has 100 valence electrons. The van der Waals surface area contributed by atoms with Crippen LogP contribution in [0.15, 0.2) is 0 Å². The van der Waals surface area contributed by atoms with Crippen molar-refractivity contribution in [1.29, 1.82) is 0 Å². The van der Waals surface area contributed by atoms with Gasteiger partial charge >= 0.3 is 5.97 Å². The molecule has 0 saturated carbocycles. The summed E-state index contributed by atoms with van der Waals surface area (Å²) in [6.07, 6.45) is -0.440. The highest BCUT2D eigenvalue weighted by molar-refractivity contribution is 6.28. The van der Waals surface area contributed by atoms with Crippen LogP contribution in [0, 0.1) is 0 Å². The molecule has 8 heteroatoms. The number of carbonyl (C=O) groups is 3. The zero-order chi connectivity index (χ0) is 14.3. The van der Waals surface area contributed by atoms with Crippen LogP contribution in [0.25, 0.3) is 0 Å². The third-order valence-electron chi connectivity index (χ3n) is 2.42. The molecule has 2 atom stereocenters. The Morgan fingerprint density at radius 2 is 2.00 bits per heavy atom. The molecule has 0 aromatic rings. The monoisotopic (exact) mass is 258 g/mol. The van der Waals surface area contributed by atoms with Gasteiger partial charge in [0.2, 0.25) is 5.91 Å². The molecule has 0 rings (SSSR count). The molecule has 0 aromatic carbocycles. The summed E-state index contributed by atoms with van der Waals surface area (Å²) in [5.74, 6) is -2.37. The number of ether oxygens (including phenoxy) is 1. The predicted octanol–water partition coefficient (Wildman–Crippen LogP) is -1.32. The van der Waals surface area contributed by atoms with Crippen molar-refractivity contribution in [2.24, 2.45) is 0 Å². The number of nitrogens with one attached hydrogen (secondary N) is 2. The molecule has 6 nitrogen and oxygen atoms in total. The van der Waals surface area contributed by atoms with Crippen molar-refractivity contribution in [3.63, 3.8) is 0 Å². The first kappa shape index (κ1) is 16.6. The molecule has 0 fully saturated rings. The summed E-state index contributed by atoms with van der Waals surface area (Å²) in [5, 5.41) is 4.72. The molecule has 0 aliphatic rings. The summed E-state index contributed by atoms with van der Waals surface area (Å²) in [5.41, 5.74) is -1.43. The van der Waals surface area contributed by atoms with Gasteiger partial charge in [0, 0.05) is 0 Å². The van der Waals surface area contributed by atoms with Gasteiger partial charge in [0.1, 0.15) is 20.6 Å². The highest BCUT2D eigenvalue weighted by Gasteiger charge is 2.30. The van der Waals surface area contributed by atoms with Gasteiger partial charge in [-0.3, -0.25) is 14.4 Å². The average Bonchev–Trinajstić information content (AvgIpc) is 2.36. The Morgan fingerprint density at radius 1 is 1.44 bits per heavy atom. The normalized spacial score (nSPS) is 15.3. The lowest BCUT2D eigenvalue weighted by atomic mass is 9.78. The van der Waals surface area contributed by atoms with Crippen molar-refractivity contribution in [3.8, 4) is 0 Å². The van der Waals surface area contributed by atoms with Gasteiger partial charge in [-0.2, -0.15) is 0 Å². The highest BCUT2D eigenvalue weighted by atomic mass is 19.1. The smallest absolute Gasteiger partial charge is 0.308 e. The fourth-order valence-corrected chi connectivity index (χ4v) is 1.01. The number of esters is 1. The number of Topliss-reactive ketones (excluding diaryl/α,β-unsaturated/α-hetero) is 1. The maximum atomic E-state index is 12.3. The van der Waals surface area contributed by atoms with E-state index in [4.69, 9.17) is 7.85 Å². The summed E-state index contributed by atoms with van der Waals surface area (Å²) in [6, 6.07) is -1.29.